The van der Waals surface area contributed by atoms with E-state index in [9.17, 15) is 9.59 Å². The van der Waals surface area contributed by atoms with Gasteiger partial charge in [0, 0.05) is 38.6 Å². The minimum atomic E-state index is -0.278. The number of furan rings is 1. The molecule has 2 amide bonds. The summed E-state index contributed by atoms with van der Waals surface area (Å²) in [6.07, 6.45) is 1.87. The van der Waals surface area contributed by atoms with Gasteiger partial charge in [0.1, 0.15) is 5.76 Å². The highest BCUT2D eigenvalue weighted by atomic mass is 16.5. The molecular formula is C17H25N3O4. The first kappa shape index (κ1) is 17.0. The van der Waals surface area contributed by atoms with Crippen molar-refractivity contribution < 1.29 is 18.7 Å². The highest BCUT2D eigenvalue weighted by Crippen LogP contribution is 2.20. The molecule has 2 unspecified atom stereocenters. The SMILES string of the molecule is CC(CN1CCOCC1)NC(=O)C1CC(=O)N(Cc2ccco2)C1. The van der Waals surface area contributed by atoms with E-state index in [0.29, 0.717) is 13.1 Å². The van der Waals surface area contributed by atoms with Gasteiger partial charge < -0.3 is 19.4 Å². The number of ether oxygens (including phenoxy) is 1. The molecule has 1 aromatic rings. The molecule has 0 spiro atoms. The lowest BCUT2D eigenvalue weighted by Gasteiger charge is -2.29. The topological polar surface area (TPSA) is 75.0 Å². The summed E-state index contributed by atoms with van der Waals surface area (Å²) in [7, 11) is 0. The van der Waals surface area contributed by atoms with Crippen molar-refractivity contribution in [3.8, 4) is 0 Å². The predicted octanol–water partition coefficient (Wildman–Crippen LogP) is 0.465. The molecule has 3 rings (SSSR count). The van der Waals surface area contributed by atoms with Gasteiger partial charge >= 0.3 is 0 Å². The van der Waals surface area contributed by atoms with Crippen molar-refractivity contribution in [1.29, 1.82) is 0 Å². The number of nitrogens with zero attached hydrogens (tertiary/aromatic N) is 2. The highest BCUT2D eigenvalue weighted by molar-refractivity contribution is 5.89. The first-order chi connectivity index (χ1) is 11.6. The van der Waals surface area contributed by atoms with Gasteiger partial charge in [-0.2, -0.15) is 0 Å². The average Bonchev–Trinajstić information content (AvgIpc) is 3.19. The Labute approximate surface area is 141 Å². The fraction of sp³-hybridized carbons (Fsp3) is 0.647. The van der Waals surface area contributed by atoms with Crippen LogP contribution in [0.2, 0.25) is 0 Å². The number of carbonyl (C=O) groups is 2. The van der Waals surface area contributed by atoms with Crippen LogP contribution in [0.5, 0.6) is 0 Å². The second-order valence-electron chi connectivity index (χ2n) is 6.58. The van der Waals surface area contributed by atoms with Crippen LogP contribution in [0.3, 0.4) is 0 Å². The molecule has 2 saturated heterocycles. The summed E-state index contributed by atoms with van der Waals surface area (Å²) >= 11 is 0. The molecule has 1 aromatic heterocycles. The van der Waals surface area contributed by atoms with E-state index in [-0.39, 0.29) is 30.2 Å². The molecule has 24 heavy (non-hydrogen) atoms. The maximum Gasteiger partial charge on any atom is 0.225 e. The Bertz CT molecular complexity index is 554. The standard InChI is InChI=1S/C17H25N3O4/c1-13(10-19-4-7-23-8-5-19)18-17(22)14-9-16(21)20(11-14)12-15-3-2-6-24-15/h2-3,6,13-14H,4-5,7-12H2,1H3,(H,18,22). The van der Waals surface area contributed by atoms with Crippen molar-refractivity contribution >= 4 is 11.8 Å². The zero-order valence-electron chi connectivity index (χ0n) is 14.1. The minimum Gasteiger partial charge on any atom is -0.467 e. The second kappa shape index (κ2) is 7.81. The maximum atomic E-state index is 12.4. The Morgan fingerprint density at radius 2 is 2.21 bits per heavy atom. The largest absolute Gasteiger partial charge is 0.467 e. The number of nitrogens with one attached hydrogen (secondary N) is 1. The van der Waals surface area contributed by atoms with Crippen molar-refractivity contribution in [1.82, 2.24) is 15.1 Å². The number of amides is 2. The van der Waals surface area contributed by atoms with Crippen LogP contribution in [0, 0.1) is 5.92 Å². The van der Waals surface area contributed by atoms with Crippen LogP contribution in [-0.4, -0.2) is 67.0 Å². The van der Waals surface area contributed by atoms with E-state index >= 15 is 0 Å². The first-order valence-electron chi connectivity index (χ1n) is 8.52. The van der Waals surface area contributed by atoms with Crippen LogP contribution in [0.1, 0.15) is 19.1 Å². The fourth-order valence-corrected chi connectivity index (χ4v) is 3.27. The molecule has 3 heterocycles. The molecule has 132 valence electrons. The molecule has 0 aromatic carbocycles. The van der Waals surface area contributed by atoms with E-state index in [0.717, 1.165) is 38.6 Å². The van der Waals surface area contributed by atoms with Crippen LogP contribution in [-0.2, 0) is 20.9 Å². The van der Waals surface area contributed by atoms with Crippen LogP contribution >= 0.6 is 0 Å². The number of morpholine rings is 1. The molecule has 0 bridgehead atoms. The summed E-state index contributed by atoms with van der Waals surface area (Å²) in [5.41, 5.74) is 0. The molecule has 2 aliphatic heterocycles. The molecule has 7 nitrogen and oxygen atoms in total. The monoisotopic (exact) mass is 335 g/mol. The van der Waals surface area contributed by atoms with E-state index in [4.69, 9.17) is 9.15 Å². The second-order valence-corrected chi connectivity index (χ2v) is 6.58. The Balaban J connectivity index is 1.45. The number of rotatable bonds is 6. The van der Waals surface area contributed by atoms with E-state index in [1.54, 1.807) is 17.2 Å². The Hall–Kier alpha value is -1.86. The highest BCUT2D eigenvalue weighted by Gasteiger charge is 2.35. The molecule has 0 saturated carbocycles. The van der Waals surface area contributed by atoms with Gasteiger partial charge in [-0.1, -0.05) is 0 Å². The molecule has 0 aliphatic carbocycles. The van der Waals surface area contributed by atoms with Gasteiger partial charge in [-0.15, -0.1) is 0 Å². The van der Waals surface area contributed by atoms with Crippen LogP contribution in [0.4, 0.5) is 0 Å². The number of hydrogen-bond acceptors (Lipinski definition) is 5. The van der Waals surface area contributed by atoms with Crippen LogP contribution < -0.4 is 5.32 Å². The smallest absolute Gasteiger partial charge is 0.225 e. The van der Waals surface area contributed by atoms with E-state index in [1.807, 2.05) is 13.0 Å². The lowest BCUT2D eigenvalue weighted by atomic mass is 10.1. The molecule has 0 radical (unpaired) electrons. The van der Waals surface area contributed by atoms with E-state index in [1.165, 1.54) is 0 Å². The summed E-state index contributed by atoms with van der Waals surface area (Å²) in [6, 6.07) is 3.70. The van der Waals surface area contributed by atoms with Gasteiger partial charge in [0.05, 0.1) is 31.9 Å². The van der Waals surface area contributed by atoms with Gasteiger partial charge in [-0.3, -0.25) is 14.5 Å². The summed E-state index contributed by atoms with van der Waals surface area (Å²) in [4.78, 5) is 28.5. The summed E-state index contributed by atoms with van der Waals surface area (Å²) in [5.74, 6) is 0.433. The normalized spacial score (nSPS) is 23.5. The van der Waals surface area contributed by atoms with Gasteiger partial charge in [0.15, 0.2) is 0 Å². The van der Waals surface area contributed by atoms with Crippen molar-refractivity contribution in [2.45, 2.75) is 25.9 Å². The lowest BCUT2D eigenvalue weighted by molar-refractivity contribution is -0.129. The molecule has 2 atom stereocenters. The summed E-state index contributed by atoms with van der Waals surface area (Å²) in [6.45, 7) is 7.00. The van der Waals surface area contributed by atoms with Crippen LogP contribution in [0.25, 0.3) is 0 Å². The molecule has 2 aliphatic rings. The van der Waals surface area contributed by atoms with E-state index in [2.05, 4.69) is 10.2 Å². The van der Waals surface area contributed by atoms with Crippen molar-refractivity contribution in [3.05, 3.63) is 24.2 Å². The zero-order valence-corrected chi connectivity index (χ0v) is 14.1. The molecular weight excluding hydrogens is 310 g/mol. The van der Waals surface area contributed by atoms with Crippen molar-refractivity contribution in [2.75, 3.05) is 39.4 Å². The van der Waals surface area contributed by atoms with Crippen molar-refractivity contribution in [2.24, 2.45) is 5.92 Å². The summed E-state index contributed by atoms with van der Waals surface area (Å²) in [5, 5.41) is 3.05. The Morgan fingerprint density at radius 3 is 2.92 bits per heavy atom. The molecule has 1 N–H and O–H groups in total. The van der Waals surface area contributed by atoms with Crippen molar-refractivity contribution in [3.63, 3.8) is 0 Å². The third-order valence-corrected chi connectivity index (χ3v) is 4.54. The quantitative estimate of drug-likeness (QED) is 0.818. The fourth-order valence-electron chi connectivity index (χ4n) is 3.27. The molecule has 7 heteroatoms. The molecule has 2 fully saturated rings. The van der Waals surface area contributed by atoms with Gasteiger partial charge in [0.2, 0.25) is 11.8 Å². The average molecular weight is 335 g/mol. The third kappa shape index (κ3) is 4.36. The van der Waals surface area contributed by atoms with Gasteiger partial charge in [-0.05, 0) is 19.1 Å². The third-order valence-electron chi connectivity index (χ3n) is 4.54. The Kier molecular flexibility index (Phi) is 5.52. The van der Waals surface area contributed by atoms with Crippen LogP contribution in [0.15, 0.2) is 22.8 Å². The number of likely N-dealkylation sites (tertiary alicyclic amines) is 1. The van der Waals surface area contributed by atoms with E-state index < -0.39 is 0 Å². The lowest BCUT2D eigenvalue weighted by Crippen LogP contribution is -2.47. The zero-order chi connectivity index (χ0) is 16.9. The minimum absolute atomic E-state index is 0.00684. The maximum absolute atomic E-state index is 12.4. The summed E-state index contributed by atoms with van der Waals surface area (Å²) < 4.78 is 10.6. The first-order valence-corrected chi connectivity index (χ1v) is 8.52. The predicted molar refractivity (Wildman–Crippen MR) is 87.1 cm³/mol. The number of hydrogen-bond donors (Lipinski definition) is 1. The van der Waals surface area contributed by atoms with Gasteiger partial charge in [0.25, 0.3) is 0 Å². The Morgan fingerprint density at radius 1 is 1.42 bits per heavy atom. The van der Waals surface area contributed by atoms with Gasteiger partial charge in [-0.25, -0.2) is 0 Å². The number of carbonyl (C=O) groups excluding carboxylic acids is 2.